The number of rotatable bonds is 4. The number of carbonyl (C=O) groups is 1. The molecule has 4 nitrogen and oxygen atoms in total. The minimum Gasteiger partial charge on any atom is -0.358 e. The van der Waals surface area contributed by atoms with E-state index in [2.05, 4.69) is 10.3 Å². The molecule has 100 valence electrons. The van der Waals surface area contributed by atoms with Crippen molar-refractivity contribution >= 4 is 17.5 Å². The lowest BCUT2D eigenvalue weighted by atomic mass is 10.1. The van der Waals surface area contributed by atoms with E-state index in [-0.39, 0.29) is 24.7 Å². The lowest BCUT2D eigenvalue weighted by Crippen LogP contribution is -2.24. The van der Waals surface area contributed by atoms with E-state index in [1.54, 1.807) is 36.1 Å². The number of hydrogen-bond acceptors (Lipinski definition) is 2. The number of halogens is 2. The minimum atomic E-state index is -0.373. The number of benzene rings is 1. The van der Waals surface area contributed by atoms with Crippen molar-refractivity contribution in [3.05, 3.63) is 52.8 Å². The van der Waals surface area contributed by atoms with Gasteiger partial charge in [-0.25, -0.2) is 9.37 Å². The van der Waals surface area contributed by atoms with Gasteiger partial charge in [0.15, 0.2) is 0 Å². The Hall–Kier alpha value is -1.88. The van der Waals surface area contributed by atoms with Gasteiger partial charge in [-0.3, -0.25) is 4.79 Å². The van der Waals surface area contributed by atoms with E-state index in [0.717, 1.165) is 0 Å². The first-order valence-electron chi connectivity index (χ1n) is 5.75. The quantitative estimate of drug-likeness (QED) is 0.932. The Kier molecular flexibility index (Phi) is 4.16. The van der Waals surface area contributed by atoms with Crippen molar-refractivity contribution < 1.29 is 9.18 Å². The van der Waals surface area contributed by atoms with Crippen LogP contribution in [0.5, 0.6) is 0 Å². The largest absolute Gasteiger partial charge is 0.358 e. The maximum absolute atomic E-state index is 13.7. The van der Waals surface area contributed by atoms with Gasteiger partial charge >= 0.3 is 0 Å². The lowest BCUT2D eigenvalue weighted by molar-refractivity contribution is -0.121. The smallest absolute Gasteiger partial charge is 0.239 e. The van der Waals surface area contributed by atoms with Crippen molar-refractivity contribution in [2.75, 3.05) is 7.05 Å². The number of carbonyl (C=O) groups excluding carboxylic acids is 1. The lowest BCUT2D eigenvalue weighted by Gasteiger charge is -2.08. The molecule has 2 rings (SSSR count). The normalized spacial score (nSPS) is 10.5. The van der Waals surface area contributed by atoms with Crippen LogP contribution in [0.1, 0.15) is 11.4 Å². The van der Waals surface area contributed by atoms with Gasteiger partial charge in [-0.05, 0) is 12.1 Å². The number of likely N-dealkylation sites (N-methyl/N-ethyl adjacent to an activating group) is 1. The fourth-order valence-corrected chi connectivity index (χ4v) is 1.97. The van der Waals surface area contributed by atoms with Gasteiger partial charge in [0.2, 0.25) is 5.91 Å². The fraction of sp³-hybridized carbons (Fsp3) is 0.231. The van der Waals surface area contributed by atoms with Gasteiger partial charge in [0.05, 0.1) is 0 Å². The van der Waals surface area contributed by atoms with E-state index in [9.17, 15) is 9.18 Å². The molecule has 1 amide bonds. The molecule has 0 aliphatic carbocycles. The third kappa shape index (κ3) is 3.12. The van der Waals surface area contributed by atoms with E-state index >= 15 is 0 Å². The van der Waals surface area contributed by atoms with Crippen LogP contribution in [0, 0.1) is 5.82 Å². The molecule has 0 spiro atoms. The number of nitrogens with one attached hydrogen (secondary N) is 1. The Morgan fingerprint density at radius 2 is 2.32 bits per heavy atom. The van der Waals surface area contributed by atoms with Crippen molar-refractivity contribution in [1.29, 1.82) is 0 Å². The number of aromatic nitrogens is 2. The summed E-state index contributed by atoms with van der Waals surface area (Å²) in [6.45, 7) is 0.151. The Labute approximate surface area is 115 Å². The van der Waals surface area contributed by atoms with Crippen molar-refractivity contribution in [3.63, 3.8) is 0 Å². The average molecular weight is 282 g/mol. The minimum absolute atomic E-state index is 0.140. The molecule has 0 aliphatic heterocycles. The van der Waals surface area contributed by atoms with Crippen molar-refractivity contribution in [3.8, 4) is 0 Å². The monoisotopic (exact) mass is 281 g/mol. The molecule has 0 aliphatic rings. The Morgan fingerprint density at radius 3 is 3.00 bits per heavy atom. The number of amides is 1. The molecule has 0 unspecified atom stereocenters. The molecule has 0 saturated carbocycles. The molecule has 0 bridgehead atoms. The molecule has 0 atom stereocenters. The van der Waals surface area contributed by atoms with E-state index in [0.29, 0.717) is 16.4 Å². The van der Waals surface area contributed by atoms with Gasteiger partial charge in [-0.15, -0.1) is 0 Å². The molecule has 19 heavy (non-hydrogen) atoms. The van der Waals surface area contributed by atoms with Crippen LogP contribution in [0.3, 0.4) is 0 Å². The molecule has 1 heterocycles. The third-order valence-corrected chi connectivity index (χ3v) is 3.15. The maximum atomic E-state index is 13.7. The molecular formula is C13H13ClFN3O. The zero-order valence-corrected chi connectivity index (χ0v) is 11.1. The van der Waals surface area contributed by atoms with Gasteiger partial charge in [0, 0.05) is 36.4 Å². The molecular weight excluding hydrogens is 269 g/mol. The first-order chi connectivity index (χ1) is 9.11. The molecule has 0 saturated heterocycles. The molecule has 1 N–H and O–H groups in total. The van der Waals surface area contributed by atoms with Crippen molar-refractivity contribution in [1.82, 2.24) is 14.9 Å². The Morgan fingerprint density at radius 1 is 1.53 bits per heavy atom. The Balaban J connectivity index is 2.24. The van der Waals surface area contributed by atoms with Crippen LogP contribution in [0.2, 0.25) is 5.02 Å². The SMILES string of the molecule is CNC(=O)Cn1ccnc1Cc1c(F)cccc1Cl. The second kappa shape index (κ2) is 5.84. The Bertz CT molecular complexity index is 577. The van der Waals surface area contributed by atoms with Crippen LogP contribution in [0.4, 0.5) is 4.39 Å². The van der Waals surface area contributed by atoms with Crippen molar-refractivity contribution in [2.24, 2.45) is 0 Å². The van der Waals surface area contributed by atoms with Gasteiger partial charge in [-0.2, -0.15) is 0 Å². The zero-order chi connectivity index (χ0) is 13.8. The standard InChI is InChI=1S/C13H13ClFN3O/c1-16-13(19)8-18-6-5-17-12(18)7-9-10(14)3-2-4-11(9)15/h2-6H,7-8H2,1H3,(H,16,19). The van der Waals surface area contributed by atoms with Crippen molar-refractivity contribution in [2.45, 2.75) is 13.0 Å². The topological polar surface area (TPSA) is 46.9 Å². The summed E-state index contributed by atoms with van der Waals surface area (Å²) < 4.78 is 15.4. The summed E-state index contributed by atoms with van der Waals surface area (Å²) in [5, 5.41) is 2.89. The average Bonchev–Trinajstić information content (AvgIpc) is 2.81. The van der Waals surface area contributed by atoms with E-state index in [1.807, 2.05) is 0 Å². The molecule has 1 aromatic carbocycles. The first kappa shape index (κ1) is 13.5. The van der Waals surface area contributed by atoms with Gasteiger partial charge < -0.3 is 9.88 Å². The van der Waals surface area contributed by atoms with Gasteiger partial charge in [-0.1, -0.05) is 17.7 Å². The summed E-state index contributed by atoms with van der Waals surface area (Å²) in [6, 6.07) is 4.54. The second-order valence-corrected chi connectivity index (χ2v) is 4.43. The van der Waals surface area contributed by atoms with E-state index in [1.165, 1.54) is 6.07 Å². The summed E-state index contributed by atoms with van der Waals surface area (Å²) in [4.78, 5) is 15.5. The number of imidazole rings is 1. The predicted octanol–water partition coefficient (Wildman–Crippen LogP) is 2.01. The highest BCUT2D eigenvalue weighted by molar-refractivity contribution is 6.31. The van der Waals surface area contributed by atoms with Crippen LogP contribution in [-0.2, 0) is 17.8 Å². The van der Waals surface area contributed by atoms with E-state index in [4.69, 9.17) is 11.6 Å². The highest BCUT2D eigenvalue weighted by Crippen LogP contribution is 2.21. The van der Waals surface area contributed by atoms with Crippen LogP contribution >= 0.6 is 11.6 Å². The summed E-state index contributed by atoms with van der Waals surface area (Å²) in [5.41, 5.74) is 0.383. The summed E-state index contributed by atoms with van der Waals surface area (Å²) >= 11 is 5.98. The predicted molar refractivity (Wildman–Crippen MR) is 70.5 cm³/mol. The van der Waals surface area contributed by atoms with Crippen LogP contribution in [-0.4, -0.2) is 22.5 Å². The second-order valence-electron chi connectivity index (χ2n) is 4.02. The maximum Gasteiger partial charge on any atom is 0.239 e. The van der Waals surface area contributed by atoms with Crippen LogP contribution in [0.15, 0.2) is 30.6 Å². The fourth-order valence-electron chi connectivity index (χ4n) is 1.74. The number of hydrogen-bond donors (Lipinski definition) is 1. The molecule has 1 aromatic heterocycles. The molecule has 2 aromatic rings. The number of nitrogens with zero attached hydrogens (tertiary/aromatic N) is 2. The highest BCUT2D eigenvalue weighted by atomic mass is 35.5. The third-order valence-electron chi connectivity index (χ3n) is 2.79. The van der Waals surface area contributed by atoms with Crippen LogP contribution < -0.4 is 5.32 Å². The van der Waals surface area contributed by atoms with Gasteiger partial charge in [0.1, 0.15) is 18.2 Å². The van der Waals surface area contributed by atoms with Crippen LogP contribution in [0.25, 0.3) is 0 Å². The highest BCUT2D eigenvalue weighted by Gasteiger charge is 2.12. The summed E-state index contributed by atoms with van der Waals surface area (Å²) in [6.07, 6.45) is 3.50. The molecule has 0 fully saturated rings. The summed E-state index contributed by atoms with van der Waals surface area (Å²) in [7, 11) is 1.56. The molecule has 0 radical (unpaired) electrons. The van der Waals surface area contributed by atoms with Gasteiger partial charge in [0.25, 0.3) is 0 Å². The summed E-state index contributed by atoms with van der Waals surface area (Å²) in [5.74, 6) is 0.0801. The molecule has 6 heteroatoms. The zero-order valence-electron chi connectivity index (χ0n) is 10.4. The van der Waals surface area contributed by atoms with E-state index < -0.39 is 0 Å². The first-order valence-corrected chi connectivity index (χ1v) is 6.13.